The summed E-state index contributed by atoms with van der Waals surface area (Å²) in [6, 6.07) is 1.29. The van der Waals surface area contributed by atoms with Gasteiger partial charge in [0.25, 0.3) is 5.56 Å². The monoisotopic (exact) mass is 422 g/mol. The lowest BCUT2D eigenvalue weighted by Gasteiger charge is -2.30. The maximum Gasteiger partial charge on any atom is 0.255 e. The van der Waals surface area contributed by atoms with Gasteiger partial charge in [0.2, 0.25) is 16.0 Å². The molecule has 0 amide bonds. The number of aryl methyl sites for hydroxylation is 1. The van der Waals surface area contributed by atoms with Gasteiger partial charge in [-0.3, -0.25) is 9.36 Å². The lowest BCUT2D eigenvalue weighted by Crippen LogP contribution is -2.42. The summed E-state index contributed by atoms with van der Waals surface area (Å²) in [5, 5.41) is 3.79. The van der Waals surface area contributed by atoms with Gasteiger partial charge < -0.3 is 5.32 Å². The summed E-state index contributed by atoms with van der Waals surface area (Å²) in [6.45, 7) is 0.417. The largest absolute Gasteiger partial charge is 0.351 e. The van der Waals surface area contributed by atoms with Gasteiger partial charge in [-0.15, -0.1) is 0 Å². The van der Waals surface area contributed by atoms with Crippen LogP contribution in [0.15, 0.2) is 17.1 Å². The molecule has 3 heterocycles. The maximum atomic E-state index is 13.3. The van der Waals surface area contributed by atoms with Crippen LogP contribution < -0.4 is 10.9 Å². The number of anilines is 1. The Morgan fingerprint density at radius 3 is 2.62 bits per heavy atom. The van der Waals surface area contributed by atoms with Crippen molar-refractivity contribution >= 4 is 27.0 Å². The number of sulfonamides is 1. The molecule has 2 atom stereocenters. The van der Waals surface area contributed by atoms with Crippen molar-refractivity contribution in [1.82, 2.24) is 18.8 Å². The Balaban J connectivity index is 1.70. The molecule has 158 valence electrons. The van der Waals surface area contributed by atoms with Gasteiger partial charge in [-0.2, -0.15) is 4.98 Å². The number of hydrogen-bond donors (Lipinski definition) is 1. The van der Waals surface area contributed by atoms with Gasteiger partial charge >= 0.3 is 0 Å². The highest BCUT2D eigenvalue weighted by Crippen LogP contribution is 2.36. The van der Waals surface area contributed by atoms with E-state index >= 15 is 0 Å². The Morgan fingerprint density at radius 2 is 2.00 bits per heavy atom. The summed E-state index contributed by atoms with van der Waals surface area (Å²) < 4.78 is 49.9. The number of nitrogens with one attached hydrogen (secondary N) is 1. The minimum atomic E-state index is -3.20. The Kier molecular flexibility index (Phi) is 4.44. The molecule has 0 spiro atoms. The van der Waals surface area contributed by atoms with E-state index in [9.17, 15) is 13.2 Å². The quantitative estimate of drug-likeness (QED) is 0.812. The third kappa shape index (κ3) is 4.02. The summed E-state index contributed by atoms with van der Waals surface area (Å²) in [4.78, 5) is 22.2. The predicted molar refractivity (Wildman–Crippen MR) is 114 cm³/mol. The Bertz CT molecular complexity index is 1170. The van der Waals surface area contributed by atoms with Crippen molar-refractivity contribution in [2.75, 3.05) is 24.7 Å². The van der Waals surface area contributed by atoms with Crippen LogP contribution >= 0.6 is 0 Å². The lowest BCUT2D eigenvalue weighted by molar-refractivity contribution is 0.331. The number of pyridine rings is 1. The molecule has 29 heavy (non-hydrogen) atoms. The third-order valence-electron chi connectivity index (χ3n) is 6.18. The molecule has 4 rings (SSSR count). The van der Waals surface area contributed by atoms with Gasteiger partial charge in [0.1, 0.15) is 5.65 Å². The van der Waals surface area contributed by atoms with E-state index in [0.29, 0.717) is 42.9 Å². The molecular formula is C20H29N5O3S. The minimum Gasteiger partial charge on any atom is -0.351 e. The van der Waals surface area contributed by atoms with Crippen LogP contribution in [-0.2, 0) is 10.0 Å². The minimum absolute atomic E-state index is 0.0117. The van der Waals surface area contributed by atoms with Crippen LogP contribution in [0.1, 0.15) is 54.7 Å². The van der Waals surface area contributed by atoms with Gasteiger partial charge in [-0.05, 0) is 44.5 Å². The average molecular weight is 423 g/mol. The highest BCUT2D eigenvalue weighted by molar-refractivity contribution is 7.88. The van der Waals surface area contributed by atoms with Gasteiger partial charge in [-0.1, -0.05) is 13.3 Å². The molecule has 1 aliphatic heterocycles. The fourth-order valence-electron chi connectivity index (χ4n) is 4.52. The zero-order valence-corrected chi connectivity index (χ0v) is 17.6. The van der Waals surface area contributed by atoms with Gasteiger partial charge in [0, 0.05) is 46.4 Å². The highest BCUT2D eigenvalue weighted by Gasteiger charge is 2.29. The van der Waals surface area contributed by atoms with E-state index in [1.807, 2.05) is 0 Å². The number of piperidine rings is 1. The van der Waals surface area contributed by atoms with E-state index < -0.39 is 22.4 Å². The Hall–Kier alpha value is -2.00. The first-order valence-corrected chi connectivity index (χ1v) is 11.9. The van der Waals surface area contributed by atoms with Crippen LogP contribution in [0.25, 0.3) is 11.0 Å². The molecule has 2 aliphatic rings. The first kappa shape index (κ1) is 16.8. The first-order valence-electron chi connectivity index (χ1n) is 11.6. The molecule has 2 aromatic rings. The SMILES string of the molecule is [2H]C([2H])([2H])c1cc2cnc(NC3CCN(S(C)(=O)=O)CC3)nc2n([C@@H]2CCC[C@@H]2C)c1=O. The van der Waals surface area contributed by atoms with Gasteiger partial charge in [-0.25, -0.2) is 17.7 Å². The molecule has 1 saturated heterocycles. The summed E-state index contributed by atoms with van der Waals surface area (Å²) in [6.07, 6.45) is 6.78. The maximum absolute atomic E-state index is 13.3. The van der Waals surface area contributed by atoms with E-state index in [0.717, 1.165) is 19.3 Å². The molecular weight excluding hydrogens is 390 g/mol. The predicted octanol–water partition coefficient (Wildman–Crippen LogP) is 2.30. The van der Waals surface area contributed by atoms with Crippen molar-refractivity contribution in [3.8, 4) is 0 Å². The topological polar surface area (TPSA) is 97.2 Å². The summed E-state index contributed by atoms with van der Waals surface area (Å²) in [7, 11) is -3.20. The fourth-order valence-corrected chi connectivity index (χ4v) is 5.40. The van der Waals surface area contributed by atoms with Crippen molar-refractivity contribution in [1.29, 1.82) is 0 Å². The van der Waals surface area contributed by atoms with Crippen LogP contribution in [0.2, 0.25) is 0 Å². The summed E-state index contributed by atoms with van der Waals surface area (Å²) in [5.41, 5.74) is -0.281. The molecule has 9 heteroatoms. The second-order valence-electron chi connectivity index (χ2n) is 8.26. The van der Waals surface area contributed by atoms with Crippen LogP contribution in [0, 0.1) is 12.8 Å². The number of hydrogen-bond acceptors (Lipinski definition) is 6. The van der Waals surface area contributed by atoms with Gasteiger partial charge in [0.05, 0.1) is 6.26 Å². The normalized spacial score (nSPS) is 26.2. The van der Waals surface area contributed by atoms with Crippen molar-refractivity contribution in [2.24, 2.45) is 5.92 Å². The fraction of sp³-hybridized carbons (Fsp3) is 0.650. The molecule has 0 radical (unpaired) electrons. The zero-order valence-electron chi connectivity index (χ0n) is 19.8. The molecule has 1 aliphatic carbocycles. The van der Waals surface area contributed by atoms with Crippen molar-refractivity contribution < 1.29 is 12.5 Å². The van der Waals surface area contributed by atoms with Crippen molar-refractivity contribution in [3.05, 3.63) is 28.2 Å². The van der Waals surface area contributed by atoms with E-state index in [4.69, 9.17) is 4.11 Å². The van der Waals surface area contributed by atoms with E-state index in [2.05, 4.69) is 22.2 Å². The number of fused-ring (bicyclic) bond motifs is 1. The van der Waals surface area contributed by atoms with E-state index in [-0.39, 0.29) is 23.6 Å². The second kappa shape index (κ2) is 7.68. The van der Waals surface area contributed by atoms with E-state index in [1.54, 1.807) is 10.8 Å². The van der Waals surface area contributed by atoms with Crippen LogP contribution in [0.3, 0.4) is 0 Å². The highest BCUT2D eigenvalue weighted by atomic mass is 32.2. The van der Waals surface area contributed by atoms with Crippen LogP contribution in [0.4, 0.5) is 5.95 Å². The average Bonchev–Trinajstić information content (AvgIpc) is 3.12. The van der Waals surface area contributed by atoms with Gasteiger partial charge in [0.15, 0.2) is 0 Å². The standard InChI is InChI=1S/C20H29N5O3S/c1-13-5-4-6-17(13)25-18-15(11-14(2)19(25)26)12-21-20(23-18)22-16-7-9-24(10-8-16)29(3,27)28/h11-13,16-17H,4-10H2,1-3H3,(H,21,22,23)/t13-,17+/m0/s1/i2D3. The Labute approximate surface area is 175 Å². The van der Waals surface area contributed by atoms with Crippen LogP contribution in [-0.4, -0.2) is 52.6 Å². The smallest absolute Gasteiger partial charge is 0.255 e. The van der Waals surface area contributed by atoms with Crippen LogP contribution in [0.5, 0.6) is 0 Å². The Morgan fingerprint density at radius 1 is 1.24 bits per heavy atom. The zero-order chi connectivity index (χ0) is 23.3. The first-order chi connectivity index (χ1) is 14.9. The van der Waals surface area contributed by atoms with Crippen molar-refractivity contribution in [3.63, 3.8) is 0 Å². The molecule has 0 bridgehead atoms. The molecule has 8 nitrogen and oxygen atoms in total. The summed E-state index contributed by atoms with van der Waals surface area (Å²) >= 11 is 0. The number of nitrogens with zero attached hydrogens (tertiary/aromatic N) is 4. The second-order valence-corrected chi connectivity index (χ2v) is 10.2. The molecule has 1 saturated carbocycles. The van der Waals surface area contributed by atoms with Crippen molar-refractivity contribution in [2.45, 2.75) is 58.0 Å². The molecule has 0 unspecified atom stereocenters. The molecule has 0 aromatic carbocycles. The number of aromatic nitrogens is 3. The molecule has 1 N–H and O–H groups in total. The summed E-state index contributed by atoms with van der Waals surface area (Å²) in [5.74, 6) is 0.602. The van der Waals surface area contributed by atoms with E-state index in [1.165, 1.54) is 16.6 Å². The molecule has 2 aromatic heterocycles. The third-order valence-corrected chi connectivity index (χ3v) is 7.48. The lowest BCUT2D eigenvalue weighted by atomic mass is 10.1. The number of rotatable bonds is 4. The molecule has 2 fully saturated rings.